The van der Waals surface area contributed by atoms with Crippen LogP contribution in [0.3, 0.4) is 0 Å². The normalized spacial score (nSPS) is 13.6. The van der Waals surface area contributed by atoms with Crippen molar-refractivity contribution in [1.82, 2.24) is 0 Å². The fourth-order valence-corrected chi connectivity index (χ4v) is 6.16. The van der Waals surface area contributed by atoms with Gasteiger partial charge in [0.15, 0.2) is 0 Å². The number of unbranched alkanes of at least 4 members (excludes halogenated alkanes) is 24. The molecule has 40 heavy (non-hydrogen) atoms. The van der Waals surface area contributed by atoms with Gasteiger partial charge >= 0.3 is 7.82 Å². The fraction of sp³-hybridized carbons (Fsp3) is 1.00. The molecule has 0 heterocycles. The van der Waals surface area contributed by atoms with Crippen LogP contribution in [0.4, 0.5) is 0 Å². The molecular weight excluding hydrogens is 517 g/mol. The maximum Gasteiger partial charge on any atom is 0.472 e. The second kappa shape index (κ2) is 29.2. The largest absolute Gasteiger partial charge is 0.472 e. The van der Waals surface area contributed by atoms with Crippen molar-refractivity contribution >= 4 is 7.82 Å². The standard InChI is InChI=1S/C34H72NO4P/c1-5-7-9-11-13-15-17-19-20-21-23-25-27-29-31-35(3,4)32-34-39-40(36,37)38-33-30-28-26-24-22-18-16-14-12-10-8-6-2/h5-34H2,1-4H3/p+1. The van der Waals surface area contributed by atoms with Gasteiger partial charge in [0.05, 0.1) is 27.2 Å². The second-order valence-corrected chi connectivity index (χ2v) is 14.5. The maximum absolute atomic E-state index is 12.2. The van der Waals surface area contributed by atoms with Crippen LogP contribution >= 0.6 is 7.82 Å². The first kappa shape index (κ1) is 40.1. The highest BCUT2D eigenvalue weighted by molar-refractivity contribution is 7.47. The molecule has 6 heteroatoms. The van der Waals surface area contributed by atoms with Gasteiger partial charge in [-0.2, -0.15) is 0 Å². The number of rotatable bonds is 33. The Bertz CT molecular complexity index is 558. The Kier molecular flexibility index (Phi) is 29.2. The minimum atomic E-state index is -3.93. The summed E-state index contributed by atoms with van der Waals surface area (Å²) in [6, 6.07) is 0. The monoisotopic (exact) mass is 591 g/mol. The average Bonchev–Trinajstić information content (AvgIpc) is 2.91. The predicted molar refractivity (Wildman–Crippen MR) is 175 cm³/mol. The van der Waals surface area contributed by atoms with E-state index in [1.54, 1.807) is 0 Å². The van der Waals surface area contributed by atoms with E-state index >= 15 is 0 Å². The summed E-state index contributed by atoms with van der Waals surface area (Å²) in [6.07, 6.45) is 34.5. The van der Waals surface area contributed by atoms with E-state index in [0.29, 0.717) is 6.61 Å². The van der Waals surface area contributed by atoms with Gasteiger partial charge in [0.1, 0.15) is 13.2 Å². The molecule has 0 radical (unpaired) electrons. The summed E-state index contributed by atoms with van der Waals surface area (Å²) in [6.45, 7) is 6.92. The third-order valence-electron chi connectivity index (χ3n) is 8.32. The molecule has 242 valence electrons. The predicted octanol–water partition coefficient (Wildman–Crippen LogP) is 11.4. The summed E-state index contributed by atoms with van der Waals surface area (Å²) in [4.78, 5) is 10.0. The molecule has 0 aliphatic rings. The van der Waals surface area contributed by atoms with Gasteiger partial charge in [-0.15, -0.1) is 0 Å². The van der Waals surface area contributed by atoms with Gasteiger partial charge in [-0.25, -0.2) is 4.57 Å². The van der Waals surface area contributed by atoms with E-state index in [1.165, 1.54) is 154 Å². The van der Waals surface area contributed by atoms with Crippen molar-refractivity contribution in [2.24, 2.45) is 0 Å². The first-order valence-corrected chi connectivity index (χ1v) is 19.3. The minimum Gasteiger partial charge on any atom is -0.327 e. The lowest BCUT2D eigenvalue weighted by Crippen LogP contribution is -2.42. The van der Waals surface area contributed by atoms with Gasteiger partial charge < -0.3 is 9.38 Å². The van der Waals surface area contributed by atoms with Crippen molar-refractivity contribution < 1.29 is 23.0 Å². The quantitative estimate of drug-likeness (QED) is 0.0469. The SMILES string of the molecule is CCCCCCCCCCCCCCCC[N+](C)(C)CCOP(=O)(O)OCCCCCCCCCCCCCC. The number of hydrogen-bond donors (Lipinski definition) is 1. The van der Waals surface area contributed by atoms with Gasteiger partial charge in [0.25, 0.3) is 0 Å². The molecule has 1 unspecified atom stereocenters. The number of hydrogen-bond acceptors (Lipinski definition) is 3. The molecule has 0 aliphatic carbocycles. The topological polar surface area (TPSA) is 55.8 Å². The summed E-state index contributed by atoms with van der Waals surface area (Å²) in [7, 11) is 0.431. The summed E-state index contributed by atoms with van der Waals surface area (Å²) in [5.74, 6) is 0. The molecule has 0 bridgehead atoms. The molecule has 0 rings (SSSR count). The molecular formula is C34H73NO4P+. The molecule has 0 aromatic carbocycles. The number of phosphoric ester groups is 1. The lowest BCUT2D eigenvalue weighted by molar-refractivity contribution is -0.890. The summed E-state index contributed by atoms with van der Waals surface area (Å²) in [5.41, 5.74) is 0. The molecule has 0 fully saturated rings. The van der Waals surface area contributed by atoms with E-state index in [1.807, 2.05) is 0 Å². The highest BCUT2D eigenvalue weighted by Gasteiger charge is 2.23. The summed E-state index contributed by atoms with van der Waals surface area (Å²) in [5, 5.41) is 0. The van der Waals surface area contributed by atoms with Gasteiger partial charge in [0, 0.05) is 0 Å². The van der Waals surface area contributed by atoms with Crippen LogP contribution in [-0.4, -0.2) is 49.8 Å². The van der Waals surface area contributed by atoms with Crippen LogP contribution in [0.5, 0.6) is 0 Å². The zero-order valence-corrected chi connectivity index (χ0v) is 28.7. The highest BCUT2D eigenvalue weighted by Crippen LogP contribution is 2.43. The van der Waals surface area contributed by atoms with Crippen LogP contribution in [0, 0.1) is 0 Å². The molecule has 0 amide bonds. The molecule has 0 spiro atoms. The lowest BCUT2D eigenvalue weighted by atomic mass is 10.0. The molecule has 1 atom stereocenters. The zero-order chi connectivity index (χ0) is 29.6. The maximum atomic E-state index is 12.2. The Morgan fingerprint density at radius 2 is 0.750 bits per heavy atom. The fourth-order valence-electron chi connectivity index (χ4n) is 5.41. The van der Waals surface area contributed by atoms with E-state index in [2.05, 4.69) is 27.9 Å². The van der Waals surface area contributed by atoms with E-state index < -0.39 is 7.82 Å². The number of likely N-dealkylation sites (N-methyl/N-ethyl adjacent to an activating group) is 1. The zero-order valence-electron chi connectivity index (χ0n) is 27.8. The van der Waals surface area contributed by atoms with E-state index in [0.717, 1.165) is 30.4 Å². The Balaban J connectivity index is 3.53. The molecule has 5 nitrogen and oxygen atoms in total. The van der Waals surface area contributed by atoms with Crippen LogP contribution in [0.1, 0.15) is 181 Å². The van der Waals surface area contributed by atoms with Crippen LogP contribution in [-0.2, 0) is 13.6 Å². The van der Waals surface area contributed by atoms with E-state index in [9.17, 15) is 9.46 Å². The van der Waals surface area contributed by atoms with Gasteiger partial charge in [-0.05, 0) is 19.3 Å². The van der Waals surface area contributed by atoms with Crippen molar-refractivity contribution in [3.8, 4) is 0 Å². The lowest BCUT2D eigenvalue weighted by Gasteiger charge is -2.29. The van der Waals surface area contributed by atoms with Crippen molar-refractivity contribution in [3.63, 3.8) is 0 Å². The molecule has 0 aromatic heterocycles. The molecule has 0 saturated carbocycles. The van der Waals surface area contributed by atoms with Crippen molar-refractivity contribution in [2.75, 3.05) is 40.4 Å². The van der Waals surface area contributed by atoms with E-state index in [-0.39, 0.29) is 6.61 Å². The number of nitrogens with zero attached hydrogens (tertiary/aromatic N) is 1. The van der Waals surface area contributed by atoms with Crippen molar-refractivity contribution in [2.45, 2.75) is 181 Å². The minimum absolute atomic E-state index is 0.262. The summed E-state index contributed by atoms with van der Waals surface area (Å²) >= 11 is 0. The van der Waals surface area contributed by atoms with Crippen molar-refractivity contribution in [3.05, 3.63) is 0 Å². The van der Waals surface area contributed by atoms with Gasteiger partial charge in [-0.1, -0.05) is 162 Å². The molecule has 0 aromatic rings. The van der Waals surface area contributed by atoms with Gasteiger partial charge in [-0.3, -0.25) is 9.05 Å². The van der Waals surface area contributed by atoms with E-state index in [4.69, 9.17) is 9.05 Å². The van der Waals surface area contributed by atoms with Crippen LogP contribution in [0.15, 0.2) is 0 Å². The highest BCUT2D eigenvalue weighted by atomic mass is 31.2. The first-order valence-electron chi connectivity index (χ1n) is 17.8. The summed E-state index contributed by atoms with van der Waals surface area (Å²) < 4.78 is 23.5. The Labute approximate surface area is 251 Å². The third kappa shape index (κ3) is 31.0. The molecule has 0 saturated heterocycles. The van der Waals surface area contributed by atoms with Crippen LogP contribution in [0.2, 0.25) is 0 Å². The van der Waals surface area contributed by atoms with Crippen molar-refractivity contribution in [1.29, 1.82) is 0 Å². The first-order chi connectivity index (χ1) is 19.3. The van der Waals surface area contributed by atoms with Crippen LogP contribution in [0.25, 0.3) is 0 Å². The smallest absolute Gasteiger partial charge is 0.327 e. The molecule has 1 N–H and O–H groups in total. The Morgan fingerprint density at radius 1 is 0.450 bits per heavy atom. The Hall–Kier alpha value is 0.0700. The van der Waals surface area contributed by atoms with Crippen LogP contribution < -0.4 is 0 Å². The number of quaternary nitrogens is 1. The molecule has 0 aliphatic heterocycles. The van der Waals surface area contributed by atoms with Gasteiger partial charge in [0.2, 0.25) is 0 Å². The third-order valence-corrected chi connectivity index (χ3v) is 9.34. The Morgan fingerprint density at radius 3 is 1.12 bits per heavy atom. The number of phosphoric acid groups is 1. The second-order valence-electron chi connectivity index (χ2n) is 13.0. The average molecular weight is 591 g/mol.